The van der Waals surface area contributed by atoms with Gasteiger partial charge in [-0.1, -0.05) is 0 Å². The van der Waals surface area contributed by atoms with Crippen LogP contribution in [0.25, 0.3) is 0 Å². The van der Waals surface area contributed by atoms with Crippen LogP contribution in [0.4, 0.5) is 0 Å². The van der Waals surface area contributed by atoms with Crippen molar-refractivity contribution in [1.82, 2.24) is 14.7 Å². The number of hydrogen-bond donors (Lipinski definition) is 0. The van der Waals surface area contributed by atoms with E-state index >= 15 is 0 Å². The van der Waals surface area contributed by atoms with E-state index in [0.29, 0.717) is 0 Å². The molecule has 1 aromatic rings. The number of hydrogen-bond acceptors (Lipinski definition) is 4. The van der Waals surface area contributed by atoms with Crippen molar-refractivity contribution in [3.05, 3.63) is 17.0 Å². The molecular formula is C14H23N3O2. The first kappa shape index (κ1) is 13.1. The minimum Gasteiger partial charge on any atom is -0.355 e. The van der Waals surface area contributed by atoms with Gasteiger partial charge in [0, 0.05) is 33.8 Å². The molecule has 5 heteroatoms. The normalized spacial score (nSPS) is 24.4. The summed E-state index contributed by atoms with van der Waals surface area (Å²) >= 11 is 0. The van der Waals surface area contributed by atoms with Crippen molar-refractivity contribution in [3.63, 3.8) is 0 Å². The van der Waals surface area contributed by atoms with E-state index in [9.17, 15) is 0 Å². The van der Waals surface area contributed by atoms with Crippen LogP contribution in [0.15, 0.2) is 0 Å². The number of aromatic nitrogens is 2. The van der Waals surface area contributed by atoms with Gasteiger partial charge in [-0.2, -0.15) is 5.10 Å². The molecule has 0 bridgehead atoms. The SMILES string of the molecule is CO[C@@H]1CN(Cc2c3c(nn2C)CCCC3)CCO1. The Morgan fingerprint density at radius 1 is 1.37 bits per heavy atom. The summed E-state index contributed by atoms with van der Waals surface area (Å²) in [4.78, 5) is 2.41. The number of morpholine rings is 1. The molecule has 2 heterocycles. The van der Waals surface area contributed by atoms with Crippen molar-refractivity contribution in [3.8, 4) is 0 Å². The van der Waals surface area contributed by atoms with Crippen molar-refractivity contribution in [2.75, 3.05) is 26.8 Å². The maximum absolute atomic E-state index is 5.53. The molecular weight excluding hydrogens is 242 g/mol. The van der Waals surface area contributed by atoms with Crippen molar-refractivity contribution in [2.45, 2.75) is 38.5 Å². The van der Waals surface area contributed by atoms with Crippen LogP contribution in [-0.2, 0) is 35.9 Å². The molecule has 0 saturated carbocycles. The van der Waals surface area contributed by atoms with Crippen LogP contribution >= 0.6 is 0 Å². The van der Waals surface area contributed by atoms with Crippen LogP contribution in [0.3, 0.4) is 0 Å². The smallest absolute Gasteiger partial charge is 0.169 e. The monoisotopic (exact) mass is 265 g/mol. The predicted octanol–water partition coefficient (Wildman–Crippen LogP) is 1.10. The zero-order chi connectivity index (χ0) is 13.2. The number of nitrogens with zero attached hydrogens (tertiary/aromatic N) is 3. The Morgan fingerprint density at radius 3 is 3.05 bits per heavy atom. The van der Waals surface area contributed by atoms with Crippen LogP contribution in [-0.4, -0.2) is 47.8 Å². The molecule has 19 heavy (non-hydrogen) atoms. The lowest BCUT2D eigenvalue weighted by Gasteiger charge is -2.32. The molecule has 0 N–H and O–H groups in total. The molecule has 1 aliphatic carbocycles. The molecule has 1 aliphatic heterocycles. The molecule has 0 amide bonds. The van der Waals surface area contributed by atoms with Gasteiger partial charge < -0.3 is 9.47 Å². The topological polar surface area (TPSA) is 39.5 Å². The Balaban J connectivity index is 1.74. The highest BCUT2D eigenvalue weighted by atomic mass is 16.7. The van der Waals surface area contributed by atoms with Gasteiger partial charge in [-0.15, -0.1) is 0 Å². The molecule has 0 radical (unpaired) electrons. The lowest BCUT2D eigenvalue weighted by molar-refractivity contribution is -0.166. The molecule has 5 nitrogen and oxygen atoms in total. The standard InChI is InChI=1S/C14H23N3O2/c1-16-13(11-5-3-4-6-12(11)15-16)9-17-7-8-19-14(10-17)18-2/h14H,3-10H2,1-2H3/t14-/m0/s1. The van der Waals surface area contributed by atoms with Crippen LogP contribution in [0.5, 0.6) is 0 Å². The largest absolute Gasteiger partial charge is 0.355 e. The molecule has 1 aromatic heterocycles. The first-order valence-corrected chi connectivity index (χ1v) is 7.18. The molecule has 0 unspecified atom stereocenters. The van der Waals surface area contributed by atoms with E-state index in [-0.39, 0.29) is 6.29 Å². The summed E-state index contributed by atoms with van der Waals surface area (Å²) in [5, 5.41) is 4.68. The molecule has 106 valence electrons. The predicted molar refractivity (Wildman–Crippen MR) is 71.9 cm³/mol. The Kier molecular flexibility index (Phi) is 3.86. The molecule has 0 aromatic carbocycles. The highest BCUT2D eigenvalue weighted by molar-refractivity contribution is 5.28. The molecule has 0 spiro atoms. The molecule has 1 saturated heterocycles. The van der Waals surface area contributed by atoms with Crippen molar-refractivity contribution in [2.24, 2.45) is 7.05 Å². The zero-order valence-corrected chi connectivity index (χ0v) is 11.9. The van der Waals surface area contributed by atoms with Gasteiger partial charge in [0.05, 0.1) is 18.0 Å². The summed E-state index contributed by atoms with van der Waals surface area (Å²) in [5.74, 6) is 0. The second kappa shape index (κ2) is 5.61. The average Bonchev–Trinajstić information content (AvgIpc) is 2.76. The third-order valence-corrected chi connectivity index (χ3v) is 4.20. The Bertz CT molecular complexity index is 444. The van der Waals surface area contributed by atoms with Gasteiger partial charge in [0.1, 0.15) is 0 Å². The van der Waals surface area contributed by atoms with Crippen molar-refractivity contribution >= 4 is 0 Å². The maximum Gasteiger partial charge on any atom is 0.169 e. The maximum atomic E-state index is 5.53. The van der Waals surface area contributed by atoms with Crippen molar-refractivity contribution in [1.29, 1.82) is 0 Å². The van der Waals surface area contributed by atoms with Crippen LogP contribution in [0.1, 0.15) is 29.8 Å². The van der Waals surface area contributed by atoms with Gasteiger partial charge in [0.15, 0.2) is 6.29 Å². The van der Waals surface area contributed by atoms with Crippen LogP contribution < -0.4 is 0 Å². The quantitative estimate of drug-likeness (QED) is 0.820. The number of methoxy groups -OCH3 is 1. The highest BCUT2D eigenvalue weighted by Gasteiger charge is 2.24. The molecule has 1 fully saturated rings. The first-order valence-electron chi connectivity index (χ1n) is 7.18. The van der Waals surface area contributed by atoms with E-state index in [4.69, 9.17) is 9.47 Å². The first-order chi connectivity index (χ1) is 9.28. The van der Waals surface area contributed by atoms with Gasteiger partial charge in [0.25, 0.3) is 0 Å². The summed E-state index contributed by atoms with van der Waals surface area (Å²) in [7, 11) is 3.78. The summed E-state index contributed by atoms with van der Waals surface area (Å²) in [6.45, 7) is 3.52. The summed E-state index contributed by atoms with van der Waals surface area (Å²) < 4.78 is 12.9. The van der Waals surface area contributed by atoms with Gasteiger partial charge >= 0.3 is 0 Å². The third-order valence-electron chi connectivity index (χ3n) is 4.20. The van der Waals surface area contributed by atoms with E-state index in [0.717, 1.165) is 32.7 Å². The highest BCUT2D eigenvalue weighted by Crippen LogP contribution is 2.25. The van der Waals surface area contributed by atoms with Crippen LogP contribution in [0.2, 0.25) is 0 Å². The number of fused-ring (bicyclic) bond motifs is 1. The summed E-state index contributed by atoms with van der Waals surface area (Å²) in [6.07, 6.45) is 4.84. The Labute approximate surface area is 114 Å². The number of rotatable bonds is 3. The molecule has 1 atom stereocenters. The fourth-order valence-electron chi connectivity index (χ4n) is 3.11. The fourth-order valence-corrected chi connectivity index (χ4v) is 3.11. The van der Waals surface area contributed by atoms with E-state index in [2.05, 4.69) is 21.7 Å². The zero-order valence-electron chi connectivity index (χ0n) is 11.9. The van der Waals surface area contributed by atoms with E-state index in [1.165, 1.54) is 36.2 Å². The lowest BCUT2D eigenvalue weighted by Crippen LogP contribution is -2.43. The summed E-state index contributed by atoms with van der Waals surface area (Å²) in [5.41, 5.74) is 4.20. The number of aryl methyl sites for hydroxylation is 2. The van der Waals surface area contributed by atoms with Crippen molar-refractivity contribution < 1.29 is 9.47 Å². The minimum atomic E-state index is -0.0854. The van der Waals surface area contributed by atoms with Gasteiger partial charge in [-0.25, -0.2) is 0 Å². The van der Waals surface area contributed by atoms with E-state index in [1.54, 1.807) is 7.11 Å². The number of ether oxygens (including phenoxy) is 2. The Morgan fingerprint density at radius 2 is 2.21 bits per heavy atom. The second-order valence-electron chi connectivity index (χ2n) is 5.47. The van der Waals surface area contributed by atoms with Gasteiger partial charge in [-0.05, 0) is 31.2 Å². The minimum absolute atomic E-state index is 0.0854. The van der Waals surface area contributed by atoms with E-state index in [1.807, 2.05) is 0 Å². The fraction of sp³-hybridized carbons (Fsp3) is 0.786. The van der Waals surface area contributed by atoms with E-state index < -0.39 is 0 Å². The average molecular weight is 265 g/mol. The lowest BCUT2D eigenvalue weighted by atomic mass is 9.96. The second-order valence-corrected chi connectivity index (χ2v) is 5.47. The summed E-state index contributed by atoms with van der Waals surface area (Å²) in [6, 6.07) is 0. The van der Waals surface area contributed by atoms with Crippen LogP contribution in [0, 0.1) is 0 Å². The molecule has 2 aliphatic rings. The molecule has 3 rings (SSSR count). The van der Waals surface area contributed by atoms with Gasteiger partial charge in [-0.3, -0.25) is 9.58 Å². The third kappa shape index (κ3) is 2.68. The Hall–Kier alpha value is -0.910. The van der Waals surface area contributed by atoms with Gasteiger partial charge in [0.2, 0.25) is 0 Å².